The van der Waals surface area contributed by atoms with Crippen molar-refractivity contribution < 1.29 is 0 Å². The third kappa shape index (κ3) is 4.03. The topological polar surface area (TPSA) is 28.2 Å². The predicted octanol–water partition coefficient (Wildman–Crippen LogP) is 2.20. The minimum absolute atomic E-state index is 0.818. The Morgan fingerprint density at radius 3 is 3.00 bits per heavy atom. The molecule has 88 valence electrons. The molecule has 0 saturated heterocycles. The average Bonchev–Trinajstić information content (AvgIpc) is 2.30. The Morgan fingerprint density at radius 2 is 2.31 bits per heavy atom. The fourth-order valence-corrected chi connectivity index (χ4v) is 1.46. The van der Waals surface area contributed by atoms with E-state index in [0.717, 1.165) is 37.6 Å². The summed E-state index contributed by atoms with van der Waals surface area (Å²) in [6.07, 6.45) is 3.03. The minimum atomic E-state index is 0.818. The number of nitrogens with zero attached hydrogens (tertiary/aromatic N) is 2. The molecule has 0 amide bonds. The van der Waals surface area contributed by atoms with Crippen LogP contribution in [0.1, 0.15) is 19.0 Å². The maximum absolute atomic E-state index is 4.58. The van der Waals surface area contributed by atoms with E-state index < -0.39 is 0 Å². The molecule has 0 bridgehead atoms. The maximum atomic E-state index is 4.58. The number of anilines is 1. The van der Waals surface area contributed by atoms with Gasteiger partial charge in [-0.1, -0.05) is 19.1 Å². The van der Waals surface area contributed by atoms with E-state index in [-0.39, 0.29) is 0 Å². The van der Waals surface area contributed by atoms with E-state index in [4.69, 9.17) is 0 Å². The van der Waals surface area contributed by atoms with Gasteiger partial charge in [-0.15, -0.1) is 6.58 Å². The molecule has 1 aromatic heterocycles. The molecule has 1 heterocycles. The van der Waals surface area contributed by atoms with Crippen molar-refractivity contribution in [3.8, 4) is 0 Å². The van der Waals surface area contributed by atoms with E-state index in [0.29, 0.717) is 0 Å². The molecule has 0 aliphatic rings. The maximum Gasteiger partial charge on any atom is 0.128 e. The van der Waals surface area contributed by atoms with E-state index in [9.17, 15) is 0 Å². The molecule has 3 heteroatoms. The van der Waals surface area contributed by atoms with Crippen LogP contribution in [0.25, 0.3) is 0 Å². The average molecular weight is 219 g/mol. The summed E-state index contributed by atoms with van der Waals surface area (Å²) < 4.78 is 0. The highest BCUT2D eigenvalue weighted by Crippen LogP contribution is 2.09. The molecule has 1 N–H and O–H groups in total. The lowest BCUT2D eigenvalue weighted by Crippen LogP contribution is -2.20. The number of nitrogens with one attached hydrogen (secondary N) is 1. The molecular formula is C13H21N3. The lowest BCUT2D eigenvalue weighted by molar-refractivity contribution is 0.664. The standard InChI is InChI=1S/C13H21N3/c1-4-9-14-11-12-7-6-8-13(15-12)16(3)10-5-2/h5-8,14H,2,4,9-11H2,1,3H3. The van der Waals surface area contributed by atoms with Crippen LogP contribution in [0.2, 0.25) is 0 Å². The van der Waals surface area contributed by atoms with Gasteiger partial charge in [0.2, 0.25) is 0 Å². The summed E-state index contributed by atoms with van der Waals surface area (Å²) in [6.45, 7) is 8.58. The van der Waals surface area contributed by atoms with Gasteiger partial charge in [-0.3, -0.25) is 0 Å². The van der Waals surface area contributed by atoms with Gasteiger partial charge in [-0.2, -0.15) is 0 Å². The van der Waals surface area contributed by atoms with Crippen LogP contribution >= 0.6 is 0 Å². The third-order valence-electron chi connectivity index (χ3n) is 2.32. The third-order valence-corrected chi connectivity index (χ3v) is 2.32. The molecule has 1 aromatic rings. The van der Waals surface area contributed by atoms with E-state index in [2.05, 4.69) is 28.7 Å². The SMILES string of the molecule is C=CCN(C)c1cccc(CNCCC)n1. The Bertz CT molecular complexity index is 323. The molecule has 0 aliphatic heterocycles. The Balaban J connectivity index is 2.59. The zero-order valence-corrected chi connectivity index (χ0v) is 10.2. The largest absolute Gasteiger partial charge is 0.356 e. The van der Waals surface area contributed by atoms with Crippen molar-refractivity contribution in [1.82, 2.24) is 10.3 Å². The van der Waals surface area contributed by atoms with Gasteiger partial charge in [-0.25, -0.2) is 4.98 Å². The lowest BCUT2D eigenvalue weighted by Gasteiger charge is -2.16. The highest BCUT2D eigenvalue weighted by Gasteiger charge is 2.01. The van der Waals surface area contributed by atoms with Crippen molar-refractivity contribution >= 4 is 5.82 Å². The van der Waals surface area contributed by atoms with Crippen LogP contribution < -0.4 is 10.2 Å². The first-order chi connectivity index (χ1) is 7.77. The summed E-state index contributed by atoms with van der Waals surface area (Å²) in [5, 5.41) is 3.35. The Kier molecular flexibility index (Phi) is 5.57. The van der Waals surface area contributed by atoms with Crippen molar-refractivity contribution in [1.29, 1.82) is 0 Å². The summed E-state index contributed by atoms with van der Waals surface area (Å²) >= 11 is 0. The predicted molar refractivity (Wildman–Crippen MR) is 69.7 cm³/mol. The first-order valence-electron chi connectivity index (χ1n) is 5.76. The molecule has 1 rings (SSSR count). The number of pyridine rings is 1. The van der Waals surface area contributed by atoms with Crippen LogP contribution in [0, 0.1) is 0 Å². The van der Waals surface area contributed by atoms with Crippen LogP contribution in [0.4, 0.5) is 5.82 Å². The number of aromatic nitrogens is 1. The summed E-state index contributed by atoms with van der Waals surface area (Å²) in [4.78, 5) is 6.66. The van der Waals surface area contributed by atoms with E-state index >= 15 is 0 Å². The first-order valence-corrected chi connectivity index (χ1v) is 5.76. The molecule has 0 saturated carbocycles. The molecule has 0 atom stereocenters. The van der Waals surface area contributed by atoms with Crippen LogP contribution in [0.5, 0.6) is 0 Å². The molecule has 0 fully saturated rings. The second-order valence-corrected chi connectivity index (χ2v) is 3.83. The van der Waals surface area contributed by atoms with Crippen LogP contribution in [-0.2, 0) is 6.54 Å². The van der Waals surface area contributed by atoms with Crippen molar-refractivity contribution in [2.75, 3.05) is 25.0 Å². The molecule has 0 spiro atoms. The van der Waals surface area contributed by atoms with E-state index in [1.807, 2.05) is 31.3 Å². The van der Waals surface area contributed by atoms with E-state index in [1.54, 1.807) is 0 Å². The summed E-state index contributed by atoms with van der Waals surface area (Å²) in [5.41, 5.74) is 1.09. The number of rotatable bonds is 7. The minimum Gasteiger partial charge on any atom is -0.356 e. The van der Waals surface area contributed by atoms with Crippen LogP contribution in [0.3, 0.4) is 0 Å². The van der Waals surface area contributed by atoms with Crippen molar-refractivity contribution in [3.05, 3.63) is 36.5 Å². The van der Waals surface area contributed by atoms with Crippen LogP contribution in [0.15, 0.2) is 30.9 Å². The van der Waals surface area contributed by atoms with Gasteiger partial charge in [0.1, 0.15) is 5.82 Å². The van der Waals surface area contributed by atoms with Gasteiger partial charge in [0, 0.05) is 20.1 Å². The zero-order chi connectivity index (χ0) is 11.8. The molecular weight excluding hydrogens is 198 g/mol. The summed E-state index contributed by atoms with van der Waals surface area (Å²) in [7, 11) is 2.02. The van der Waals surface area contributed by atoms with Crippen molar-refractivity contribution in [2.45, 2.75) is 19.9 Å². The molecule has 0 aliphatic carbocycles. The van der Waals surface area contributed by atoms with Gasteiger partial charge < -0.3 is 10.2 Å². The van der Waals surface area contributed by atoms with Gasteiger partial charge >= 0.3 is 0 Å². The zero-order valence-electron chi connectivity index (χ0n) is 10.2. The molecule has 16 heavy (non-hydrogen) atoms. The summed E-state index contributed by atoms with van der Waals surface area (Å²) in [5.74, 6) is 0.996. The molecule has 0 radical (unpaired) electrons. The fraction of sp³-hybridized carbons (Fsp3) is 0.462. The molecule has 3 nitrogen and oxygen atoms in total. The van der Waals surface area contributed by atoms with Crippen molar-refractivity contribution in [3.63, 3.8) is 0 Å². The smallest absolute Gasteiger partial charge is 0.128 e. The van der Waals surface area contributed by atoms with Crippen molar-refractivity contribution in [2.24, 2.45) is 0 Å². The second-order valence-electron chi connectivity index (χ2n) is 3.83. The van der Waals surface area contributed by atoms with Gasteiger partial charge in [0.15, 0.2) is 0 Å². The van der Waals surface area contributed by atoms with E-state index in [1.165, 1.54) is 0 Å². The van der Waals surface area contributed by atoms with Gasteiger partial charge in [-0.05, 0) is 25.1 Å². The number of hydrogen-bond acceptors (Lipinski definition) is 3. The Labute approximate surface area is 98.2 Å². The molecule has 0 aromatic carbocycles. The number of likely N-dealkylation sites (N-methyl/N-ethyl adjacent to an activating group) is 1. The highest BCUT2D eigenvalue weighted by atomic mass is 15.2. The Morgan fingerprint density at radius 1 is 1.50 bits per heavy atom. The normalized spacial score (nSPS) is 10.1. The quantitative estimate of drug-likeness (QED) is 0.563. The second kappa shape index (κ2) is 7.01. The molecule has 0 unspecified atom stereocenters. The van der Waals surface area contributed by atoms with Crippen LogP contribution in [-0.4, -0.2) is 25.1 Å². The first kappa shape index (κ1) is 12.7. The monoisotopic (exact) mass is 219 g/mol. The van der Waals surface area contributed by atoms with Gasteiger partial charge in [0.05, 0.1) is 5.69 Å². The highest BCUT2D eigenvalue weighted by molar-refractivity contribution is 5.38. The fourth-order valence-electron chi connectivity index (χ4n) is 1.46. The summed E-state index contributed by atoms with van der Waals surface area (Å²) in [6, 6.07) is 6.12. The number of hydrogen-bond donors (Lipinski definition) is 1. The van der Waals surface area contributed by atoms with Gasteiger partial charge in [0.25, 0.3) is 0 Å². The Hall–Kier alpha value is -1.35. The lowest BCUT2D eigenvalue weighted by atomic mass is 10.3.